The smallest absolute Gasteiger partial charge is 0.224 e. The van der Waals surface area contributed by atoms with Gasteiger partial charge in [-0.1, -0.05) is 48.5 Å². The van der Waals surface area contributed by atoms with Crippen molar-refractivity contribution in [3.05, 3.63) is 102 Å². The molecule has 4 rings (SSSR count). The van der Waals surface area contributed by atoms with Crippen LogP contribution in [0.5, 0.6) is 0 Å². The Labute approximate surface area is 183 Å². The average Bonchev–Trinajstić information content (AvgIpc) is 2.81. The van der Waals surface area contributed by atoms with Crippen LogP contribution >= 0.6 is 0 Å². The predicted octanol–water partition coefficient (Wildman–Crippen LogP) is 4.53. The molecule has 1 aliphatic rings. The fraction of sp³-hybridized carbons (Fsp3) is 0.308. The van der Waals surface area contributed by atoms with E-state index < -0.39 is 0 Å². The van der Waals surface area contributed by atoms with E-state index in [2.05, 4.69) is 15.2 Å². The lowest BCUT2D eigenvalue weighted by Gasteiger charge is -2.36. The van der Waals surface area contributed by atoms with Crippen LogP contribution in [0.25, 0.3) is 0 Å². The Balaban J connectivity index is 1.39. The first-order valence-electron chi connectivity index (χ1n) is 10.9. The van der Waals surface area contributed by atoms with Crippen molar-refractivity contribution in [2.75, 3.05) is 13.1 Å². The second-order valence-corrected chi connectivity index (χ2v) is 8.20. The number of carbonyl (C=O) groups is 1. The zero-order valence-corrected chi connectivity index (χ0v) is 17.6. The van der Waals surface area contributed by atoms with E-state index in [4.69, 9.17) is 0 Å². The second kappa shape index (κ2) is 10.3. The number of halogens is 1. The summed E-state index contributed by atoms with van der Waals surface area (Å²) < 4.78 is 13.2. The van der Waals surface area contributed by atoms with Gasteiger partial charge in [0.15, 0.2) is 0 Å². The molecule has 1 fully saturated rings. The van der Waals surface area contributed by atoms with Gasteiger partial charge >= 0.3 is 0 Å². The molecular formula is C26H28FN3O. The predicted molar refractivity (Wildman–Crippen MR) is 120 cm³/mol. The van der Waals surface area contributed by atoms with Gasteiger partial charge in [-0.15, -0.1) is 0 Å². The molecule has 3 aromatic rings. The van der Waals surface area contributed by atoms with Crippen LogP contribution in [0.1, 0.15) is 35.7 Å². The van der Waals surface area contributed by atoms with E-state index in [0.29, 0.717) is 12.3 Å². The van der Waals surface area contributed by atoms with Gasteiger partial charge < -0.3 is 5.32 Å². The monoisotopic (exact) mass is 417 g/mol. The summed E-state index contributed by atoms with van der Waals surface area (Å²) in [6, 6.07) is 22.3. The highest BCUT2D eigenvalue weighted by atomic mass is 19.1. The number of benzene rings is 2. The van der Waals surface area contributed by atoms with Crippen molar-refractivity contribution >= 4 is 5.91 Å². The zero-order chi connectivity index (χ0) is 21.5. The quantitative estimate of drug-likeness (QED) is 0.614. The number of carbonyl (C=O) groups excluding carboxylic acids is 1. The van der Waals surface area contributed by atoms with E-state index in [-0.39, 0.29) is 17.8 Å². The van der Waals surface area contributed by atoms with Gasteiger partial charge in [0.25, 0.3) is 0 Å². The van der Waals surface area contributed by atoms with Crippen molar-refractivity contribution in [2.24, 2.45) is 5.92 Å². The lowest BCUT2D eigenvalue weighted by molar-refractivity contribution is -0.121. The number of nitrogens with one attached hydrogen (secondary N) is 1. The van der Waals surface area contributed by atoms with Crippen molar-refractivity contribution in [1.82, 2.24) is 15.2 Å². The first-order valence-corrected chi connectivity index (χ1v) is 10.9. The van der Waals surface area contributed by atoms with Gasteiger partial charge in [-0.3, -0.25) is 14.7 Å². The molecule has 4 nitrogen and oxygen atoms in total. The maximum Gasteiger partial charge on any atom is 0.224 e. The maximum absolute atomic E-state index is 13.2. The molecule has 1 saturated heterocycles. The summed E-state index contributed by atoms with van der Waals surface area (Å²) in [5, 5.41) is 3.26. The molecule has 31 heavy (non-hydrogen) atoms. The molecule has 1 aliphatic heterocycles. The Morgan fingerprint density at radius 3 is 2.35 bits per heavy atom. The number of hydrogen-bond acceptors (Lipinski definition) is 3. The van der Waals surface area contributed by atoms with Gasteiger partial charge in [0.05, 0.1) is 18.2 Å². The molecule has 0 saturated carbocycles. The minimum Gasteiger partial charge on any atom is -0.347 e. The molecule has 0 unspecified atom stereocenters. The standard InChI is InChI=1S/C26H28FN3O/c27-23-11-9-21(10-12-23)19-30-16-13-22(14-17-30)26(24-8-4-5-15-28-24)29-25(31)18-20-6-2-1-3-7-20/h1-12,15,22,26H,13-14,16-19H2,(H,29,31)/t26-/m1/s1. The number of rotatable bonds is 7. The first kappa shape index (κ1) is 21.2. The summed E-state index contributed by atoms with van der Waals surface area (Å²) in [5.41, 5.74) is 3.05. The number of aromatic nitrogens is 1. The van der Waals surface area contributed by atoms with E-state index in [9.17, 15) is 9.18 Å². The molecule has 2 aromatic carbocycles. The highest BCUT2D eigenvalue weighted by Crippen LogP contribution is 2.30. The van der Waals surface area contributed by atoms with Crippen LogP contribution in [0.3, 0.4) is 0 Å². The van der Waals surface area contributed by atoms with Crippen molar-refractivity contribution < 1.29 is 9.18 Å². The summed E-state index contributed by atoms with van der Waals surface area (Å²) >= 11 is 0. The van der Waals surface area contributed by atoms with Crippen LogP contribution in [0.15, 0.2) is 79.0 Å². The van der Waals surface area contributed by atoms with Crippen LogP contribution in [0.2, 0.25) is 0 Å². The van der Waals surface area contributed by atoms with Crippen molar-refractivity contribution in [3.8, 4) is 0 Å². The number of piperidine rings is 1. The first-order chi connectivity index (χ1) is 15.2. The number of amides is 1. The third-order valence-corrected chi connectivity index (χ3v) is 5.95. The van der Waals surface area contributed by atoms with Gasteiger partial charge in [0, 0.05) is 12.7 Å². The summed E-state index contributed by atoms with van der Waals surface area (Å²) in [6.45, 7) is 2.71. The van der Waals surface area contributed by atoms with Gasteiger partial charge in [-0.05, 0) is 67.2 Å². The van der Waals surface area contributed by atoms with Gasteiger partial charge in [0.1, 0.15) is 5.82 Å². The summed E-state index contributed by atoms with van der Waals surface area (Å²) in [4.78, 5) is 19.7. The molecule has 1 aromatic heterocycles. The van der Waals surface area contributed by atoms with Gasteiger partial charge in [-0.25, -0.2) is 4.39 Å². The van der Waals surface area contributed by atoms with Crippen LogP contribution in [-0.2, 0) is 17.8 Å². The number of hydrogen-bond donors (Lipinski definition) is 1. The Hall–Kier alpha value is -3.05. The lowest BCUT2D eigenvalue weighted by atomic mass is 9.87. The molecule has 1 N–H and O–H groups in total. The van der Waals surface area contributed by atoms with E-state index >= 15 is 0 Å². The molecule has 0 aliphatic carbocycles. The highest BCUT2D eigenvalue weighted by molar-refractivity contribution is 5.79. The van der Waals surface area contributed by atoms with Crippen molar-refractivity contribution in [1.29, 1.82) is 0 Å². The number of nitrogens with zero attached hydrogens (tertiary/aromatic N) is 2. The Bertz CT molecular complexity index is 955. The van der Waals surface area contributed by atoms with Crippen LogP contribution in [0.4, 0.5) is 4.39 Å². The third kappa shape index (κ3) is 5.98. The third-order valence-electron chi connectivity index (χ3n) is 5.95. The Kier molecular flexibility index (Phi) is 7.05. The van der Waals surface area contributed by atoms with Gasteiger partial charge in [-0.2, -0.15) is 0 Å². The lowest BCUT2D eigenvalue weighted by Crippen LogP contribution is -2.41. The van der Waals surface area contributed by atoms with Gasteiger partial charge in [0.2, 0.25) is 5.91 Å². The van der Waals surface area contributed by atoms with Crippen LogP contribution in [-0.4, -0.2) is 28.9 Å². The normalized spacial score (nSPS) is 16.0. The maximum atomic E-state index is 13.2. The molecule has 5 heteroatoms. The van der Waals surface area contributed by atoms with Crippen molar-refractivity contribution in [2.45, 2.75) is 31.8 Å². The molecule has 0 bridgehead atoms. The number of likely N-dealkylation sites (tertiary alicyclic amines) is 1. The fourth-order valence-electron chi connectivity index (χ4n) is 4.29. The fourth-order valence-corrected chi connectivity index (χ4v) is 4.29. The molecule has 160 valence electrons. The summed E-state index contributed by atoms with van der Waals surface area (Å²) in [6.07, 6.45) is 4.12. The molecular weight excluding hydrogens is 389 g/mol. The van der Waals surface area contributed by atoms with Crippen LogP contribution in [0, 0.1) is 11.7 Å². The second-order valence-electron chi connectivity index (χ2n) is 8.20. The van der Waals surface area contributed by atoms with Crippen molar-refractivity contribution in [3.63, 3.8) is 0 Å². The molecule has 1 atom stereocenters. The summed E-state index contributed by atoms with van der Waals surface area (Å²) in [5.74, 6) is 0.154. The highest BCUT2D eigenvalue weighted by Gasteiger charge is 2.29. The largest absolute Gasteiger partial charge is 0.347 e. The average molecular weight is 418 g/mol. The van der Waals surface area contributed by atoms with E-state index in [1.54, 1.807) is 6.20 Å². The SMILES string of the molecule is O=C(Cc1ccccc1)N[C@@H](c1ccccn1)C1CCN(Cc2ccc(F)cc2)CC1. The number of pyridine rings is 1. The van der Waals surface area contributed by atoms with E-state index in [1.807, 2.05) is 60.7 Å². The molecule has 0 spiro atoms. The molecule has 0 radical (unpaired) electrons. The van der Waals surface area contributed by atoms with E-state index in [0.717, 1.165) is 49.3 Å². The minimum atomic E-state index is -0.202. The minimum absolute atomic E-state index is 0.0237. The van der Waals surface area contributed by atoms with E-state index in [1.165, 1.54) is 12.1 Å². The Morgan fingerprint density at radius 1 is 0.968 bits per heavy atom. The molecule has 1 amide bonds. The molecule has 2 heterocycles. The topological polar surface area (TPSA) is 45.2 Å². The van der Waals surface area contributed by atoms with Crippen LogP contribution < -0.4 is 5.32 Å². The summed E-state index contributed by atoms with van der Waals surface area (Å²) in [7, 11) is 0. The zero-order valence-electron chi connectivity index (χ0n) is 17.6. The Morgan fingerprint density at radius 2 is 1.68 bits per heavy atom.